The van der Waals surface area contributed by atoms with Crippen LogP contribution >= 0.6 is 19.3 Å². The first-order chi connectivity index (χ1) is 19.4. The largest absolute Gasteiger partial charge is 0.465 e. The van der Waals surface area contributed by atoms with Crippen molar-refractivity contribution in [2.45, 2.75) is 44.0 Å². The first-order valence-corrected chi connectivity index (χ1v) is 14.7. The zero-order chi connectivity index (χ0) is 29.9. The SMILES string of the molecule is CCOC(=O)[C@@H](C)N[P@](=O)(OC[C@@]1(CCl)O[C@@H](n2cnc3c(N(C)C)nc(N)nc32)[C@H](F)[C@@H]1O)Oc1ccccc1. The van der Waals surface area contributed by atoms with Crippen molar-refractivity contribution < 1.29 is 37.4 Å². The summed E-state index contributed by atoms with van der Waals surface area (Å²) in [6, 6.07) is 6.95. The van der Waals surface area contributed by atoms with Crippen molar-refractivity contribution in [2.24, 2.45) is 0 Å². The van der Waals surface area contributed by atoms with Crippen molar-refractivity contribution in [1.82, 2.24) is 24.6 Å². The van der Waals surface area contributed by atoms with Gasteiger partial charge in [-0.2, -0.15) is 15.1 Å². The van der Waals surface area contributed by atoms with Crippen LogP contribution in [0.1, 0.15) is 20.1 Å². The van der Waals surface area contributed by atoms with Gasteiger partial charge < -0.3 is 29.7 Å². The minimum absolute atomic E-state index is 0.0790. The van der Waals surface area contributed by atoms with Gasteiger partial charge in [-0.05, 0) is 26.0 Å². The number of para-hydroxylation sites is 1. The maximum atomic E-state index is 15.7. The van der Waals surface area contributed by atoms with E-state index in [-0.39, 0.29) is 24.0 Å². The Morgan fingerprint density at radius 3 is 2.71 bits per heavy atom. The number of nitrogens with one attached hydrogen (secondary N) is 1. The molecule has 1 aromatic carbocycles. The molecule has 41 heavy (non-hydrogen) atoms. The number of carbonyl (C=O) groups is 1. The van der Waals surface area contributed by atoms with Gasteiger partial charge >= 0.3 is 13.7 Å². The number of esters is 1. The van der Waals surface area contributed by atoms with Gasteiger partial charge in [-0.3, -0.25) is 13.9 Å². The predicted molar refractivity (Wildman–Crippen MR) is 148 cm³/mol. The summed E-state index contributed by atoms with van der Waals surface area (Å²) in [5, 5.41) is 13.5. The monoisotopic (exact) mass is 615 g/mol. The fourth-order valence-corrected chi connectivity index (χ4v) is 6.02. The van der Waals surface area contributed by atoms with E-state index in [1.807, 2.05) is 0 Å². The lowest BCUT2D eigenvalue weighted by molar-refractivity contribution is -0.144. The molecule has 0 spiro atoms. The van der Waals surface area contributed by atoms with Gasteiger partial charge in [0.25, 0.3) is 0 Å². The first kappa shape index (κ1) is 30.9. The minimum Gasteiger partial charge on any atom is -0.465 e. The van der Waals surface area contributed by atoms with Crippen LogP contribution in [0.3, 0.4) is 0 Å². The minimum atomic E-state index is -4.36. The molecule has 2 aromatic heterocycles. The second-order valence-electron chi connectivity index (χ2n) is 9.50. The summed E-state index contributed by atoms with van der Waals surface area (Å²) in [5.74, 6) is -0.687. The number of halogens is 2. The Kier molecular flexibility index (Phi) is 9.36. The number of anilines is 2. The maximum absolute atomic E-state index is 15.7. The summed E-state index contributed by atoms with van der Waals surface area (Å²) in [6.07, 6.45) is -4.04. The quantitative estimate of drug-likeness (QED) is 0.154. The highest BCUT2D eigenvalue weighted by molar-refractivity contribution is 7.52. The molecule has 4 N–H and O–H groups in total. The molecule has 0 saturated carbocycles. The van der Waals surface area contributed by atoms with Crippen LogP contribution in [0.5, 0.6) is 5.75 Å². The summed E-state index contributed by atoms with van der Waals surface area (Å²) in [7, 11) is -0.892. The van der Waals surface area contributed by atoms with Crippen molar-refractivity contribution in [2.75, 3.05) is 43.8 Å². The summed E-state index contributed by atoms with van der Waals surface area (Å²) in [5.41, 5.74) is 4.46. The molecule has 6 atom stereocenters. The number of carbonyl (C=O) groups excluding carboxylic acids is 1. The van der Waals surface area contributed by atoms with E-state index in [1.54, 1.807) is 44.1 Å². The van der Waals surface area contributed by atoms with Gasteiger partial charge in [0.2, 0.25) is 5.95 Å². The molecule has 1 aliphatic rings. The van der Waals surface area contributed by atoms with E-state index in [2.05, 4.69) is 20.0 Å². The fraction of sp³-hybridized carbons (Fsp3) is 0.500. The molecular weight excluding hydrogens is 584 g/mol. The summed E-state index contributed by atoms with van der Waals surface area (Å²) in [6.45, 7) is 2.45. The number of aliphatic hydroxyl groups is 1. The average Bonchev–Trinajstić information content (AvgIpc) is 3.46. The number of imidazole rings is 1. The maximum Gasteiger partial charge on any atom is 0.459 e. The Morgan fingerprint density at radius 1 is 1.37 bits per heavy atom. The lowest BCUT2D eigenvalue weighted by atomic mass is 9.99. The van der Waals surface area contributed by atoms with Gasteiger partial charge in [-0.25, -0.2) is 13.9 Å². The van der Waals surface area contributed by atoms with Crippen LogP contribution in [0.15, 0.2) is 36.7 Å². The average molecular weight is 616 g/mol. The molecule has 4 rings (SSSR count). The molecule has 0 aliphatic carbocycles. The van der Waals surface area contributed by atoms with Gasteiger partial charge in [0, 0.05) is 14.1 Å². The van der Waals surface area contributed by atoms with E-state index in [1.165, 1.54) is 30.0 Å². The summed E-state index contributed by atoms with van der Waals surface area (Å²) < 4.78 is 53.0. The van der Waals surface area contributed by atoms with Crippen LogP contribution in [-0.4, -0.2) is 87.7 Å². The molecule has 17 heteroatoms. The molecule has 0 unspecified atom stereocenters. The molecule has 1 aliphatic heterocycles. The molecule has 3 aromatic rings. The first-order valence-electron chi connectivity index (χ1n) is 12.6. The molecular formula is C24H32ClFN7O7P. The number of aliphatic hydroxyl groups excluding tert-OH is 1. The Morgan fingerprint density at radius 2 is 2.07 bits per heavy atom. The summed E-state index contributed by atoms with van der Waals surface area (Å²) in [4.78, 5) is 26.5. The van der Waals surface area contributed by atoms with Crippen molar-refractivity contribution in [3.63, 3.8) is 0 Å². The second-order valence-corrected chi connectivity index (χ2v) is 11.5. The molecule has 1 fully saturated rings. The van der Waals surface area contributed by atoms with E-state index < -0.39 is 56.3 Å². The molecule has 0 bridgehead atoms. The number of nitrogens with zero attached hydrogens (tertiary/aromatic N) is 5. The number of benzene rings is 1. The Hall–Kier alpha value is -3.07. The number of aromatic nitrogens is 4. The van der Waals surface area contributed by atoms with Gasteiger partial charge in [-0.1, -0.05) is 18.2 Å². The third kappa shape index (κ3) is 6.40. The van der Waals surface area contributed by atoms with Crippen molar-refractivity contribution >= 4 is 48.2 Å². The number of nitrogens with two attached hydrogens (primary N) is 1. The highest BCUT2D eigenvalue weighted by Crippen LogP contribution is 2.49. The van der Waals surface area contributed by atoms with E-state index >= 15 is 4.39 Å². The molecule has 3 heterocycles. The zero-order valence-corrected chi connectivity index (χ0v) is 24.5. The summed E-state index contributed by atoms with van der Waals surface area (Å²) >= 11 is 6.21. The number of hydrogen-bond donors (Lipinski definition) is 3. The standard InChI is InChI=1S/C24H32ClFN7O7P/c1-5-37-22(35)14(2)31-41(36,40-15-9-7-6-8-10-15)38-12-24(11-25)18(34)16(26)21(39-24)33-13-28-17-19(32(3)4)29-23(27)30-20(17)33/h6-10,13-14,16,18,21,34H,5,11-12H2,1-4H3,(H,31,36)(H2,27,29,30)/t14-,16-,18+,21-,24-,41+/m1/s1. The third-order valence-corrected chi connectivity index (χ3v) is 8.33. The van der Waals surface area contributed by atoms with Crippen LogP contribution in [0, 0.1) is 0 Å². The number of rotatable bonds is 12. The van der Waals surface area contributed by atoms with Crippen molar-refractivity contribution in [1.29, 1.82) is 0 Å². The highest BCUT2D eigenvalue weighted by atomic mass is 35.5. The predicted octanol–water partition coefficient (Wildman–Crippen LogP) is 2.42. The number of alkyl halides is 2. The van der Waals surface area contributed by atoms with Crippen LogP contribution in [0.25, 0.3) is 11.2 Å². The van der Waals surface area contributed by atoms with E-state index in [4.69, 9.17) is 35.9 Å². The van der Waals surface area contributed by atoms with Crippen LogP contribution in [0.4, 0.5) is 16.2 Å². The zero-order valence-electron chi connectivity index (χ0n) is 22.8. The highest BCUT2D eigenvalue weighted by Gasteiger charge is 2.57. The van der Waals surface area contributed by atoms with Crippen LogP contribution < -0.4 is 20.2 Å². The lowest BCUT2D eigenvalue weighted by Crippen LogP contribution is -2.48. The Bertz CT molecular complexity index is 1420. The third-order valence-electron chi connectivity index (χ3n) is 6.25. The van der Waals surface area contributed by atoms with E-state index in [9.17, 15) is 14.5 Å². The molecule has 0 amide bonds. The van der Waals surface area contributed by atoms with E-state index in [0.29, 0.717) is 11.3 Å². The lowest BCUT2D eigenvalue weighted by Gasteiger charge is -2.31. The van der Waals surface area contributed by atoms with Gasteiger partial charge in [0.15, 0.2) is 29.4 Å². The van der Waals surface area contributed by atoms with Crippen LogP contribution in [-0.2, 0) is 23.4 Å². The molecule has 1 saturated heterocycles. The van der Waals surface area contributed by atoms with Crippen LogP contribution in [0.2, 0.25) is 0 Å². The van der Waals surface area contributed by atoms with Crippen molar-refractivity contribution in [3.8, 4) is 5.75 Å². The number of hydrogen-bond acceptors (Lipinski definition) is 12. The Balaban J connectivity index is 1.62. The molecule has 0 radical (unpaired) electrons. The number of fused-ring (bicyclic) bond motifs is 1. The van der Waals surface area contributed by atoms with Gasteiger partial charge in [0.1, 0.15) is 23.5 Å². The fourth-order valence-electron chi connectivity index (χ4n) is 4.18. The van der Waals surface area contributed by atoms with Gasteiger partial charge in [0.05, 0.1) is 25.4 Å². The van der Waals surface area contributed by atoms with E-state index in [0.717, 1.165) is 0 Å². The number of nitrogen functional groups attached to an aromatic ring is 1. The smallest absolute Gasteiger partial charge is 0.459 e. The topological polar surface area (TPSA) is 176 Å². The number of ether oxygens (including phenoxy) is 2. The van der Waals surface area contributed by atoms with Crippen molar-refractivity contribution in [3.05, 3.63) is 36.7 Å². The van der Waals surface area contributed by atoms with Gasteiger partial charge in [-0.15, -0.1) is 11.6 Å². The molecule has 224 valence electrons. The Labute approximate surface area is 240 Å². The molecule has 14 nitrogen and oxygen atoms in total. The second kappa shape index (κ2) is 12.4. The normalized spacial score (nSPS) is 24.6.